The molecule has 0 saturated carbocycles. The first-order valence-corrected chi connectivity index (χ1v) is 10.8. The van der Waals surface area contributed by atoms with Gasteiger partial charge in [-0.3, -0.25) is 9.59 Å². The fraction of sp³-hybridized carbons (Fsp3) is 0.360. The zero-order valence-electron chi connectivity index (χ0n) is 18.1. The molecule has 2 aliphatic heterocycles. The number of nitrogens with zero attached hydrogens (tertiary/aromatic N) is 2. The van der Waals surface area contributed by atoms with Crippen molar-refractivity contribution >= 4 is 22.7 Å². The molecule has 1 saturated heterocycles. The number of hydrogen-bond donors (Lipinski definition) is 1. The lowest BCUT2D eigenvalue weighted by atomic mass is 9.86. The second kappa shape index (κ2) is 7.45. The highest BCUT2D eigenvalue weighted by atomic mass is 16.5. The Hall–Kier alpha value is -3.28. The lowest BCUT2D eigenvalue weighted by molar-refractivity contribution is -0.159. The van der Waals surface area contributed by atoms with E-state index in [1.54, 1.807) is 16.9 Å². The maximum absolute atomic E-state index is 13.5. The van der Waals surface area contributed by atoms with Crippen molar-refractivity contribution in [1.29, 1.82) is 0 Å². The summed E-state index contributed by atoms with van der Waals surface area (Å²) in [4.78, 5) is 34.0. The van der Waals surface area contributed by atoms with Crippen LogP contribution in [0.15, 0.2) is 48.5 Å². The van der Waals surface area contributed by atoms with Crippen molar-refractivity contribution in [2.24, 2.45) is 5.92 Å². The van der Waals surface area contributed by atoms with E-state index in [1.165, 1.54) is 0 Å². The van der Waals surface area contributed by atoms with Crippen molar-refractivity contribution < 1.29 is 14.3 Å². The van der Waals surface area contributed by atoms with Crippen molar-refractivity contribution in [1.82, 2.24) is 14.8 Å². The van der Waals surface area contributed by atoms with E-state index in [0.717, 1.165) is 33.5 Å². The lowest BCUT2D eigenvalue weighted by Gasteiger charge is -2.47. The summed E-state index contributed by atoms with van der Waals surface area (Å²) in [5.74, 6) is 1.11. The molecule has 1 N–H and O–H groups in total. The molecule has 6 nitrogen and oxygen atoms in total. The third kappa shape index (κ3) is 3.17. The SMILES string of the molecule is COc1ccc([C@H]2c3[nH]c4ccccc4c3C[C@H]3C(=O)N(CC(C)C)CC(=O)N23)cc1. The van der Waals surface area contributed by atoms with Crippen LogP contribution in [-0.4, -0.2) is 52.8 Å². The summed E-state index contributed by atoms with van der Waals surface area (Å²) in [5.41, 5.74) is 4.13. The quantitative estimate of drug-likeness (QED) is 0.706. The van der Waals surface area contributed by atoms with Gasteiger partial charge in [-0.25, -0.2) is 0 Å². The molecule has 3 heterocycles. The summed E-state index contributed by atoms with van der Waals surface area (Å²) in [6.45, 7) is 4.88. The molecule has 0 aliphatic carbocycles. The van der Waals surface area contributed by atoms with Crippen LogP contribution in [0, 0.1) is 5.92 Å². The first-order chi connectivity index (χ1) is 15.0. The summed E-state index contributed by atoms with van der Waals surface area (Å²) >= 11 is 0. The molecular formula is C25H27N3O3. The second-order valence-electron chi connectivity index (χ2n) is 8.87. The van der Waals surface area contributed by atoms with Crippen molar-refractivity contribution in [3.8, 4) is 5.75 Å². The third-order valence-corrected chi connectivity index (χ3v) is 6.36. The van der Waals surface area contributed by atoms with Gasteiger partial charge in [0.2, 0.25) is 11.8 Å². The fourth-order valence-corrected chi connectivity index (χ4v) is 5.05. The molecule has 5 rings (SSSR count). The number of aromatic amines is 1. The number of nitrogens with one attached hydrogen (secondary N) is 1. The number of carbonyl (C=O) groups is 2. The summed E-state index contributed by atoms with van der Waals surface area (Å²) in [5, 5.41) is 1.12. The van der Waals surface area contributed by atoms with E-state index < -0.39 is 6.04 Å². The van der Waals surface area contributed by atoms with Gasteiger partial charge in [0.1, 0.15) is 11.8 Å². The van der Waals surface area contributed by atoms with E-state index in [2.05, 4.69) is 24.9 Å². The first-order valence-electron chi connectivity index (χ1n) is 10.8. The summed E-state index contributed by atoms with van der Waals surface area (Å²) in [6.07, 6.45) is 0.533. The molecule has 3 aromatic rings. The highest BCUT2D eigenvalue weighted by Crippen LogP contribution is 2.42. The molecule has 1 fully saturated rings. The minimum atomic E-state index is -0.487. The Balaban J connectivity index is 1.66. The van der Waals surface area contributed by atoms with Gasteiger partial charge in [-0.1, -0.05) is 44.2 Å². The van der Waals surface area contributed by atoms with Gasteiger partial charge < -0.3 is 19.5 Å². The highest BCUT2D eigenvalue weighted by Gasteiger charge is 2.48. The third-order valence-electron chi connectivity index (χ3n) is 6.36. The van der Waals surface area contributed by atoms with Crippen LogP contribution in [0.2, 0.25) is 0 Å². The maximum Gasteiger partial charge on any atom is 0.246 e. The molecule has 2 amide bonds. The van der Waals surface area contributed by atoms with Gasteiger partial charge in [0, 0.05) is 29.6 Å². The van der Waals surface area contributed by atoms with Gasteiger partial charge in [0.15, 0.2) is 0 Å². The second-order valence-corrected chi connectivity index (χ2v) is 8.87. The van der Waals surface area contributed by atoms with Gasteiger partial charge in [0.25, 0.3) is 0 Å². The Morgan fingerprint density at radius 1 is 1.10 bits per heavy atom. The number of H-pyrrole nitrogens is 1. The molecule has 0 bridgehead atoms. The van der Waals surface area contributed by atoms with Crippen LogP contribution < -0.4 is 4.74 Å². The predicted octanol–water partition coefficient (Wildman–Crippen LogP) is 3.52. The Labute approximate surface area is 181 Å². The molecule has 160 valence electrons. The average Bonchev–Trinajstić information content (AvgIpc) is 3.14. The van der Waals surface area contributed by atoms with Crippen LogP contribution in [0.25, 0.3) is 10.9 Å². The van der Waals surface area contributed by atoms with Crippen molar-refractivity contribution in [2.45, 2.75) is 32.4 Å². The Morgan fingerprint density at radius 2 is 1.84 bits per heavy atom. The number of ether oxygens (including phenoxy) is 1. The molecule has 31 heavy (non-hydrogen) atoms. The number of benzene rings is 2. The number of hydrogen-bond acceptors (Lipinski definition) is 3. The van der Waals surface area contributed by atoms with Crippen molar-refractivity contribution in [3.05, 3.63) is 65.4 Å². The predicted molar refractivity (Wildman–Crippen MR) is 119 cm³/mol. The summed E-state index contributed by atoms with van der Waals surface area (Å²) in [6, 6.07) is 15.1. The van der Waals surface area contributed by atoms with Gasteiger partial charge in [0.05, 0.1) is 19.7 Å². The Kier molecular flexibility index (Phi) is 4.73. The summed E-state index contributed by atoms with van der Waals surface area (Å²) in [7, 11) is 1.64. The number of para-hydroxylation sites is 1. The number of rotatable bonds is 4. The van der Waals surface area contributed by atoms with Crippen LogP contribution in [0.5, 0.6) is 5.75 Å². The van der Waals surface area contributed by atoms with E-state index in [9.17, 15) is 9.59 Å². The molecule has 0 unspecified atom stereocenters. The van der Waals surface area contributed by atoms with Gasteiger partial charge in [-0.2, -0.15) is 0 Å². The lowest BCUT2D eigenvalue weighted by Crippen LogP contribution is -2.63. The van der Waals surface area contributed by atoms with E-state index >= 15 is 0 Å². The molecule has 6 heteroatoms. The fourth-order valence-electron chi connectivity index (χ4n) is 5.05. The molecule has 0 radical (unpaired) electrons. The topological polar surface area (TPSA) is 65.6 Å². The monoisotopic (exact) mass is 417 g/mol. The Morgan fingerprint density at radius 3 is 2.55 bits per heavy atom. The van der Waals surface area contributed by atoms with Crippen molar-refractivity contribution in [2.75, 3.05) is 20.2 Å². The van der Waals surface area contributed by atoms with E-state index in [-0.39, 0.29) is 24.4 Å². The average molecular weight is 418 g/mol. The minimum absolute atomic E-state index is 0.00428. The van der Waals surface area contributed by atoms with Crippen LogP contribution >= 0.6 is 0 Å². The van der Waals surface area contributed by atoms with Crippen molar-refractivity contribution in [3.63, 3.8) is 0 Å². The molecular weight excluding hydrogens is 390 g/mol. The zero-order valence-corrected chi connectivity index (χ0v) is 18.1. The zero-order chi connectivity index (χ0) is 21.7. The van der Waals surface area contributed by atoms with E-state index in [1.807, 2.05) is 42.5 Å². The molecule has 1 aromatic heterocycles. The van der Waals surface area contributed by atoms with Gasteiger partial charge in [-0.05, 0) is 35.2 Å². The molecule has 0 spiro atoms. The van der Waals surface area contributed by atoms with E-state index in [0.29, 0.717) is 18.9 Å². The number of fused-ring (bicyclic) bond motifs is 4. The van der Waals surface area contributed by atoms with Gasteiger partial charge >= 0.3 is 0 Å². The van der Waals surface area contributed by atoms with Gasteiger partial charge in [-0.15, -0.1) is 0 Å². The smallest absolute Gasteiger partial charge is 0.246 e. The number of methoxy groups -OCH3 is 1. The number of piperazine rings is 1. The highest BCUT2D eigenvalue weighted by molar-refractivity contribution is 5.97. The molecule has 2 aliphatic rings. The Bertz CT molecular complexity index is 1150. The minimum Gasteiger partial charge on any atom is -0.497 e. The largest absolute Gasteiger partial charge is 0.497 e. The molecule has 2 aromatic carbocycles. The normalized spacial score (nSPS) is 20.9. The summed E-state index contributed by atoms with van der Waals surface area (Å²) < 4.78 is 5.32. The standard InChI is InChI=1S/C25H27N3O3/c1-15(2)13-27-14-22(29)28-21(25(27)30)12-19-18-6-4-5-7-20(18)26-23(19)24(28)16-8-10-17(31-3)11-9-16/h4-11,15,21,24,26H,12-14H2,1-3H3/t21-,24-/m0/s1. The van der Waals surface area contributed by atoms with Crippen LogP contribution in [0.4, 0.5) is 0 Å². The number of amides is 2. The number of carbonyl (C=O) groups excluding carboxylic acids is 2. The first kappa shape index (κ1) is 19.7. The van der Waals surface area contributed by atoms with Crippen LogP contribution in [0.1, 0.15) is 36.7 Å². The van der Waals surface area contributed by atoms with Crippen LogP contribution in [0.3, 0.4) is 0 Å². The maximum atomic E-state index is 13.5. The number of aromatic nitrogens is 1. The van der Waals surface area contributed by atoms with E-state index in [4.69, 9.17) is 4.74 Å². The molecule has 2 atom stereocenters. The van der Waals surface area contributed by atoms with Crippen LogP contribution in [-0.2, 0) is 16.0 Å².